The number of hydrogen-bond donors (Lipinski definition) is 2. The summed E-state index contributed by atoms with van der Waals surface area (Å²) in [6.07, 6.45) is 3.17. The van der Waals surface area contributed by atoms with Crippen LogP contribution in [0.15, 0.2) is 34.1 Å². The molecule has 3 N–H and O–H groups in total. The molecule has 0 aliphatic carbocycles. The molecule has 0 aliphatic rings. The number of nitrogen functional groups attached to an aromatic ring is 1. The number of hydrogen-bond acceptors (Lipinski definition) is 3. The van der Waals surface area contributed by atoms with E-state index < -0.39 is 0 Å². The maximum Gasteiger partial charge on any atom is 0.248 e. The van der Waals surface area contributed by atoms with E-state index in [4.69, 9.17) is 28.9 Å². The first-order valence-electron chi connectivity index (χ1n) is 5.44. The van der Waals surface area contributed by atoms with Crippen LogP contribution in [0.1, 0.15) is 4.88 Å². The monoisotopic (exact) mass is 390 g/mol. The fraction of sp³-hybridized carbons (Fsp3) is 0. The van der Waals surface area contributed by atoms with Crippen molar-refractivity contribution in [3.05, 3.63) is 49.1 Å². The van der Waals surface area contributed by atoms with E-state index in [1.165, 1.54) is 17.4 Å². The quantitative estimate of drug-likeness (QED) is 0.568. The summed E-state index contributed by atoms with van der Waals surface area (Å²) in [5, 5.41) is 3.28. The van der Waals surface area contributed by atoms with Gasteiger partial charge in [0.1, 0.15) is 0 Å². The first-order valence-corrected chi connectivity index (χ1v) is 7.81. The van der Waals surface area contributed by atoms with Gasteiger partial charge in [0.15, 0.2) is 0 Å². The lowest BCUT2D eigenvalue weighted by molar-refractivity contribution is -0.111. The van der Waals surface area contributed by atoms with Crippen LogP contribution in [0.3, 0.4) is 0 Å². The Kier molecular flexibility index (Phi) is 5.10. The summed E-state index contributed by atoms with van der Waals surface area (Å²) in [5.74, 6) is -0.272. The minimum absolute atomic E-state index is 0.272. The Bertz CT molecular complexity index is 662. The SMILES string of the molecule is Nc1c(Cl)cc(NC(=O)/C=C/c2ccc(Br)s2)cc1Cl. The summed E-state index contributed by atoms with van der Waals surface area (Å²) in [5.41, 5.74) is 6.42. The van der Waals surface area contributed by atoms with Gasteiger partial charge in [0.05, 0.1) is 19.5 Å². The Balaban J connectivity index is 2.06. The Morgan fingerprint density at radius 3 is 2.50 bits per heavy atom. The average Bonchev–Trinajstić information content (AvgIpc) is 2.79. The highest BCUT2D eigenvalue weighted by molar-refractivity contribution is 9.11. The lowest BCUT2D eigenvalue weighted by Crippen LogP contribution is -2.08. The highest BCUT2D eigenvalue weighted by Crippen LogP contribution is 2.31. The predicted molar refractivity (Wildman–Crippen MR) is 90.6 cm³/mol. The molecule has 1 heterocycles. The van der Waals surface area contributed by atoms with Crippen molar-refractivity contribution in [2.75, 3.05) is 11.1 Å². The van der Waals surface area contributed by atoms with E-state index in [9.17, 15) is 4.79 Å². The lowest BCUT2D eigenvalue weighted by atomic mass is 10.2. The van der Waals surface area contributed by atoms with Crippen molar-refractivity contribution in [3.63, 3.8) is 0 Å². The first-order chi connectivity index (χ1) is 9.45. The number of nitrogens with two attached hydrogens (primary N) is 1. The van der Waals surface area contributed by atoms with E-state index in [0.717, 1.165) is 8.66 Å². The molecule has 0 saturated heterocycles. The zero-order chi connectivity index (χ0) is 14.7. The maximum absolute atomic E-state index is 11.8. The van der Waals surface area contributed by atoms with Crippen LogP contribution in [0.4, 0.5) is 11.4 Å². The number of amides is 1. The van der Waals surface area contributed by atoms with Gasteiger partial charge in [-0.15, -0.1) is 11.3 Å². The zero-order valence-corrected chi connectivity index (χ0v) is 13.9. The molecular formula is C13H9BrCl2N2OS. The normalized spacial score (nSPS) is 10.9. The molecule has 2 rings (SSSR count). The molecule has 7 heteroatoms. The van der Waals surface area contributed by atoms with Crippen LogP contribution in [-0.4, -0.2) is 5.91 Å². The number of halogens is 3. The van der Waals surface area contributed by atoms with E-state index in [2.05, 4.69) is 21.2 Å². The highest BCUT2D eigenvalue weighted by Gasteiger charge is 2.06. The first kappa shape index (κ1) is 15.4. The molecule has 1 aromatic carbocycles. The molecule has 0 atom stereocenters. The third-order valence-corrected chi connectivity index (χ3v) is 4.55. The fourth-order valence-corrected chi connectivity index (χ4v) is 3.23. The van der Waals surface area contributed by atoms with Crippen molar-refractivity contribution in [2.24, 2.45) is 0 Å². The second kappa shape index (κ2) is 6.63. The molecule has 1 aromatic heterocycles. The molecule has 0 saturated carbocycles. The molecule has 20 heavy (non-hydrogen) atoms. The summed E-state index contributed by atoms with van der Waals surface area (Å²) in [6, 6.07) is 6.93. The van der Waals surface area contributed by atoms with Gasteiger partial charge >= 0.3 is 0 Å². The molecule has 3 nitrogen and oxygen atoms in total. The lowest BCUT2D eigenvalue weighted by Gasteiger charge is -2.06. The number of benzene rings is 1. The average molecular weight is 392 g/mol. The molecule has 0 unspecified atom stereocenters. The summed E-state index contributed by atoms with van der Waals surface area (Å²) in [4.78, 5) is 12.8. The molecule has 0 spiro atoms. The van der Waals surface area contributed by atoms with E-state index in [-0.39, 0.29) is 5.91 Å². The maximum atomic E-state index is 11.8. The van der Waals surface area contributed by atoms with Crippen molar-refractivity contribution in [2.45, 2.75) is 0 Å². The molecule has 2 aromatic rings. The van der Waals surface area contributed by atoms with Crippen LogP contribution in [0, 0.1) is 0 Å². The molecule has 1 amide bonds. The van der Waals surface area contributed by atoms with Crippen LogP contribution in [0.25, 0.3) is 6.08 Å². The van der Waals surface area contributed by atoms with Crippen molar-refractivity contribution < 1.29 is 4.79 Å². The Hall–Kier alpha value is -1.01. The number of anilines is 2. The third kappa shape index (κ3) is 3.99. The number of carbonyl (C=O) groups excluding carboxylic acids is 1. The van der Waals surface area contributed by atoms with Crippen LogP contribution < -0.4 is 11.1 Å². The molecule has 104 valence electrons. The van der Waals surface area contributed by atoms with Gasteiger partial charge in [-0.05, 0) is 46.3 Å². The third-order valence-electron chi connectivity index (χ3n) is 2.34. The van der Waals surface area contributed by atoms with Crippen LogP contribution >= 0.6 is 50.5 Å². The van der Waals surface area contributed by atoms with Crippen molar-refractivity contribution >= 4 is 73.8 Å². The number of rotatable bonds is 3. The van der Waals surface area contributed by atoms with Gasteiger partial charge < -0.3 is 11.1 Å². The predicted octanol–water partition coefficient (Wildman–Crippen LogP) is 5.05. The summed E-state index contributed by atoms with van der Waals surface area (Å²) in [7, 11) is 0. The van der Waals surface area contributed by atoms with Crippen LogP contribution in [-0.2, 0) is 4.79 Å². The van der Waals surface area contributed by atoms with E-state index in [1.54, 1.807) is 18.2 Å². The Morgan fingerprint density at radius 1 is 1.30 bits per heavy atom. The highest BCUT2D eigenvalue weighted by atomic mass is 79.9. The number of thiophene rings is 1. The topological polar surface area (TPSA) is 55.1 Å². The molecule has 0 bridgehead atoms. The second-order valence-corrected chi connectivity index (χ2v) is 7.13. The smallest absolute Gasteiger partial charge is 0.248 e. The molecule has 0 radical (unpaired) electrons. The van der Waals surface area contributed by atoms with E-state index in [1.807, 2.05) is 12.1 Å². The van der Waals surface area contributed by atoms with Crippen LogP contribution in [0.2, 0.25) is 10.0 Å². The summed E-state index contributed by atoms with van der Waals surface area (Å²) < 4.78 is 1.01. The standard InChI is InChI=1S/C13H9BrCl2N2OS/c14-11-3-1-8(20-11)2-4-12(19)18-7-5-9(15)13(17)10(16)6-7/h1-6H,17H2,(H,18,19)/b4-2+. The van der Waals surface area contributed by atoms with Gasteiger partial charge in [-0.3, -0.25) is 4.79 Å². The van der Waals surface area contributed by atoms with E-state index in [0.29, 0.717) is 21.4 Å². The minimum atomic E-state index is -0.272. The van der Waals surface area contributed by atoms with Gasteiger partial charge in [-0.1, -0.05) is 23.2 Å². The molecule has 0 aliphatic heterocycles. The van der Waals surface area contributed by atoms with Crippen molar-refractivity contribution in [1.29, 1.82) is 0 Å². The molecule has 0 fully saturated rings. The van der Waals surface area contributed by atoms with E-state index >= 15 is 0 Å². The summed E-state index contributed by atoms with van der Waals surface area (Å²) in [6.45, 7) is 0. The van der Waals surface area contributed by atoms with Gasteiger partial charge in [0.25, 0.3) is 0 Å². The van der Waals surface area contributed by atoms with Gasteiger partial charge in [0, 0.05) is 16.6 Å². The summed E-state index contributed by atoms with van der Waals surface area (Å²) >= 11 is 16.7. The zero-order valence-electron chi connectivity index (χ0n) is 9.99. The van der Waals surface area contributed by atoms with Crippen molar-refractivity contribution in [3.8, 4) is 0 Å². The minimum Gasteiger partial charge on any atom is -0.396 e. The van der Waals surface area contributed by atoms with Gasteiger partial charge in [0.2, 0.25) is 5.91 Å². The van der Waals surface area contributed by atoms with Gasteiger partial charge in [-0.25, -0.2) is 0 Å². The van der Waals surface area contributed by atoms with Gasteiger partial charge in [-0.2, -0.15) is 0 Å². The number of carbonyl (C=O) groups is 1. The second-order valence-electron chi connectivity index (χ2n) is 3.82. The van der Waals surface area contributed by atoms with Crippen molar-refractivity contribution in [1.82, 2.24) is 0 Å². The molecular weight excluding hydrogens is 383 g/mol. The Labute approximate surface area is 138 Å². The number of nitrogens with one attached hydrogen (secondary N) is 1. The fourth-order valence-electron chi connectivity index (χ4n) is 1.42. The van der Waals surface area contributed by atoms with Crippen LogP contribution in [0.5, 0.6) is 0 Å². The largest absolute Gasteiger partial charge is 0.396 e. The Morgan fingerprint density at radius 2 is 1.95 bits per heavy atom.